The lowest BCUT2D eigenvalue weighted by molar-refractivity contribution is -0.111. The highest BCUT2D eigenvalue weighted by atomic mass is 16.6. The van der Waals surface area contributed by atoms with Crippen LogP contribution in [0.4, 0.5) is 4.79 Å². The van der Waals surface area contributed by atoms with Crippen molar-refractivity contribution in [3.05, 3.63) is 66.0 Å². The van der Waals surface area contributed by atoms with Crippen molar-refractivity contribution in [1.82, 2.24) is 14.8 Å². The second kappa shape index (κ2) is 19.5. The van der Waals surface area contributed by atoms with Gasteiger partial charge in [0.1, 0.15) is 18.2 Å². The zero-order chi connectivity index (χ0) is 33.4. The van der Waals surface area contributed by atoms with Crippen molar-refractivity contribution in [1.29, 1.82) is 0 Å². The maximum atomic E-state index is 13.4. The standard InChI is InChI=1S/C37H55N3O6/c1-29(12-8-9-13-31-14-10-11-22-38-31)34(28-42)30(2)17-18-35(37(3,45)21-19-33(43)20-27-41)46-36(44)40-25-23-39(24-26-40)32-15-6-4-5-7-16-32/h8-12,14,17-18,22,27-28,30,32-35,43,45H,4-7,13,15-16,19-21,23-26H2,1-3H3/b9-8+,18-17+,29-12+/t30-,33+,34+,35+,37+/m0/s1. The topological polar surface area (TPSA) is 120 Å². The molecule has 5 atom stereocenters. The fraction of sp³-hybridized carbons (Fsp3) is 0.622. The van der Waals surface area contributed by atoms with Crippen LogP contribution in [0.5, 0.6) is 0 Å². The summed E-state index contributed by atoms with van der Waals surface area (Å²) in [6.07, 6.45) is 18.7. The minimum atomic E-state index is -1.51. The summed E-state index contributed by atoms with van der Waals surface area (Å²) in [6.45, 7) is 8.13. The molecular formula is C37H55N3O6. The molecule has 1 aromatic heterocycles. The molecule has 0 radical (unpaired) electrons. The first kappa shape index (κ1) is 37.3. The molecule has 0 aromatic carbocycles. The number of carbonyl (C=O) groups is 3. The summed E-state index contributed by atoms with van der Waals surface area (Å²) in [7, 11) is 0. The van der Waals surface area contributed by atoms with Gasteiger partial charge in [-0.05, 0) is 63.7 Å². The highest BCUT2D eigenvalue weighted by molar-refractivity contribution is 5.68. The van der Waals surface area contributed by atoms with E-state index in [1.165, 1.54) is 38.5 Å². The van der Waals surface area contributed by atoms with Crippen LogP contribution in [-0.2, 0) is 20.7 Å². The van der Waals surface area contributed by atoms with Gasteiger partial charge in [-0.1, -0.05) is 68.6 Å². The molecule has 1 aromatic rings. The largest absolute Gasteiger partial charge is 0.439 e. The Kier molecular flexibility index (Phi) is 15.8. The van der Waals surface area contributed by atoms with Gasteiger partial charge in [0, 0.05) is 62.9 Å². The van der Waals surface area contributed by atoms with E-state index >= 15 is 0 Å². The van der Waals surface area contributed by atoms with Crippen LogP contribution < -0.4 is 0 Å². The van der Waals surface area contributed by atoms with Crippen LogP contribution in [-0.4, -0.2) is 93.7 Å². The van der Waals surface area contributed by atoms with E-state index in [2.05, 4.69) is 9.88 Å². The Bertz CT molecular complexity index is 1150. The maximum absolute atomic E-state index is 13.4. The molecule has 1 saturated heterocycles. The Morgan fingerprint density at radius 3 is 2.46 bits per heavy atom. The first-order valence-corrected chi connectivity index (χ1v) is 17.0. The van der Waals surface area contributed by atoms with Gasteiger partial charge < -0.3 is 29.4 Å². The number of aliphatic hydroxyl groups is 2. The normalized spacial score (nSPS) is 21.3. The third kappa shape index (κ3) is 12.2. The van der Waals surface area contributed by atoms with Crippen molar-refractivity contribution in [2.24, 2.45) is 11.8 Å². The minimum Gasteiger partial charge on any atom is -0.439 e. The SMILES string of the molecule is C/C(=C\C=C\Cc1ccccn1)[C@@H](C=O)[C@@H](C)/C=C/[C@@H](OC(=O)N1CCN(C2CCCCCC2)CC1)[C@](C)(O)CC[C@@H](O)CC=O. The van der Waals surface area contributed by atoms with E-state index in [0.717, 1.165) is 30.6 Å². The van der Waals surface area contributed by atoms with Crippen molar-refractivity contribution in [2.75, 3.05) is 26.2 Å². The summed E-state index contributed by atoms with van der Waals surface area (Å²) in [5.41, 5.74) is 0.336. The summed E-state index contributed by atoms with van der Waals surface area (Å²) >= 11 is 0. The summed E-state index contributed by atoms with van der Waals surface area (Å²) < 4.78 is 5.95. The number of aromatic nitrogens is 1. The zero-order valence-electron chi connectivity index (χ0n) is 28.0. The first-order chi connectivity index (χ1) is 22.1. The molecule has 1 saturated carbocycles. The molecule has 9 nitrogen and oxygen atoms in total. The molecule has 1 aliphatic carbocycles. The monoisotopic (exact) mass is 637 g/mol. The molecule has 9 heteroatoms. The Morgan fingerprint density at radius 1 is 1.11 bits per heavy atom. The van der Waals surface area contributed by atoms with Crippen molar-refractivity contribution < 1.29 is 29.3 Å². The van der Waals surface area contributed by atoms with Crippen LogP contribution in [0.1, 0.15) is 84.3 Å². The number of carbonyl (C=O) groups excluding carboxylic acids is 3. The summed E-state index contributed by atoms with van der Waals surface area (Å²) in [5, 5.41) is 21.6. The molecule has 3 rings (SSSR count). The predicted octanol–water partition coefficient (Wildman–Crippen LogP) is 5.46. The van der Waals surface area contributed by atoms with Gasteiger partial charge in [-0.2, -0.15) is 0 Å². The van der Waals surface area contributed by atoms with Gasteiger partial charge in [0.2, 0.25) is 0 Å². The lowest BCUT2D eigenvalue weighted by Gasteiger charge is -2.40. The van der Waals surface area contributed by atoms with E-state index in [9.17, 15) is 24.6 Å². The van der Waals surface area contributed by atoms with Crippen molar-refractivity contribution in [3.63, 3.8) is 0 Å². The molecule has 1 aliphatic heterocycles. The van der Waals surface area contributed by atoms with Crippen LogP contribution in [0.2, 0.25) is 0 Å². The number of amides is 1. The van der Waals surface area contributed by atoms with Gasteiger partial charge in [0.15, 0.2) is 6.10 Å². The molecule has 254 valence electrons. The number of hydrogen-bond donors (Lipinski definition) is 2. The smallest absolute Gasteiger partial charge is 0.410 e. The average molecular weight is 638 g/mol. The van der Waals surface area contributed by atoms with Crippen molar-refractivity contribution in [3.8, 4) is 0 Å². The van der Waals surface area contributed by atoms with Crippen molar-refractivity contribution in [2.45, 2.75) is 109 Å². The van der Waals surface area contributed by atoms with Crippen LogP contribution in [0.3, 0.4) is 0 Å². The van der Waals surface area contributed by atoms with E-state index in [0.29, 0.717) is 31.8 Å². The van der Waals surface area contributed by atoms with Gasteiger partial charge in [-0.3, -0.25) is 9.88 Å². The third-order valence-corrected chi connectivity index (χ3v) is 9.48. The van der Waals surface area contributed by atoms with Crippen LogP contribution in [0.25, 0.3) is 0 Å². The van der Waals surface area contributed by atoms with E-state index in [-0.39, 0.29) is 25.2 Å². The number of hydrogen-bond acceptors (Lipinski definition) is 8. The van der Waals surface area contributed by atoms with Gasteiger partial charge in [-0.15, -0.1) is 0 Å². The number of nitrogens with zero attached hydrogens (tertiary/aromatic N) is 3. The number of allylic oxidation sites excluding steroid dienone is 5. The summed E-state index contributed by atoms with van der Waals surface area (Å²) in [6, 6.07) is 6.36. The van der Waals surface area contributed by atoms with Gasteiger partial charge >= 0.3 is 6.09 Å². The van der Waals surface area contributed by atoms with E-state index in [1.54, 1.807) is 24.1 Å². The second-order valence-electron chi connectivity index (χ2n) is 13.2. The Morgan fingerprint density at radius 2 is 1.83 bits per heavy atom. The van der Waals surface area contributed by atoms with Crippen molar-refractivity contribution >= 4 is 18.7 Å². The number of pyridine rings is 1. The number of aliphatic hydroxyl groups excluding tert-OH is 1. The molecule has 2 heterocycles. The zero-order valence-corrected chi connectivity index (χ0v) is 28.0. The number of aldehydes is 2. The molecule has 2 aliphatic rings. The van der Waals surface area contributed by atoms with Gasteiger partial charge in [-0.25, -0.2) is 4.79 Å². The first-order valence-electron chi connectivity index (χ1n) is 17.0. The lowest BCUT2D eigenvalue weighted by Crippen LogP contribution is -2.53. The summed E-state index contributed by atoms with van der Waals surface area (Å²) in [4.78, 5) is 44.9. The van der Waals surface area contributed by atoms with E-state index in [4.69, 9.17) is 4.74 Å². The summed E-state index contributed by atoms with van der Waals surface area (Å²) in [5.74, 6) is -0.651. The maximum Gasteiger partial charge on any atom is 0.410 e. The predicted molar refractivity (Wildman–Crippen MR) is 180 cm³/mol. The highest BCUT2D eigenvalue weighted by Crippen LogP contribution is 2.27. The molecule has 46 heavy (non-hydrogen) atoms. The number of ether oxygens (including phenoxy) is 1. The van der Waals surface area contributed by atoms with Crippen LogP contribution in [0.15, 0.2) is 60.3 Å². The van der Waals surface area contributed by atoms with Gasteiger partial charge in [0.25, 0.3) is 0 Å². The van der Waals surface area contributed by atoms with Crippen LogP contribution in [0, 0.1) is 11.8 Å². The highest BCUT2D eigenvalue weighted by Gasteiger charge is 2.36. The molecule has 0 spiro atoms. The third-order valence-electron chi connectivity index (χ3n) is 9.48. The molecular weight excluding hydrogens is 582 g/mol. The van der Waals surface area contributed by atoms with Crippen LogP contribution >= 0.6 is 0 Å². The minimum absolute atomic E-state index is 0.0262. The fourth-order valence-electron chi connectivity index (χ4n) is 6.36. The Labute approximate surface area is 275 Å². The molecule has 0 unspecified atom stereocenters. The average Bonchev–Trinajstić information content (AvgIpc) is 3.35. The Hall–Kier alpha value is -3.14. The molecule has 2 N–H and O–H groups in total. The van der Waals surface area contributed by atoms with E-state index < -0.39 is 29.8 Å². The lowest BCUT2D eigenvalue weighted by atomic mass is 9.86. The number of rotatable bonds is 16. The molecule has 1 amide bonds. The number of piperazine rings is 1. The quantitative estimate of drug-likeness (QED) is 0.106. The fourth-order valence-corrected chi connectivity index (χ4v) is 6.36. The second-order valence-corrected chi connectivity index (χ2v) is 13.2. The van der Waals surface area contributed by atoms with E-state index in [1.807, 2.05) is 56.4 Å². The molecule has 2 fully saturated rings. The van der Waals surface area contributed by atoms with Gasteiger partial charge in [0.05, 0.1) is 6.10 Å². The molecule has 0 bridgehead atoms. The Balaban J connectivity index is 1.67.